The van der Waals surface area contributed by atoms with E-state index >= 15 is 0 Å². The number of nitrogens with one attached hydrogen (secondary N) is 1. The van der Waals surface area contributed by atoms with Gasteiger partial charge >= 0.3 is 0 Å². The van der Waals surface area contributed by atoms with Crippen LogP contribution in [-0.4, -0.2) is 36.3 Å². The predicted octanol–water partition coefficient (Wildman–Crippen LogP) is 2.68. The second-order valence-corrected chi connectivity index (χ2v) is 6.39. The zero-order valence-corrected chi connectivity index (χ0v) is 14.0. The maximum absolute atomic E-state index is 12.3. The average Bonchev–Trinajstić information content (AvgIpc) is 2.42. The van der Waals surface area contributed by atoms with Crippen LogP contribution in [0.2, 0.25) is 5.15 Å². The Labute approximate surface area is 136 Å². The van der Waals surface area contributed by atoms with E-state index in [2.05, 4.69) is 24.1 Å². The third kappa shape index (κ3) is 3.77. The summed E-state index contributed by atoms with van der Waals surface area (Å²) in [5.74, 6) is 1.10. The third-order valence-electron chi connectivity index (χ3n) is 3.91. The van der Waals surface area contributed by atoms with Crippen molar-refractivity contribution in [2.24, 2.45) is 5.92 Å². The summed E-state index contributed by atoms with van der Waals surface area (Å²) >= 11 is 6.05. The molecule has 1 aromatic heterocycles. The molecule has 1 aromatic rings. The molecule has 0 radical (unpaired) electrons. The van der Waals surface area contributed by atoms with Crippen LogP contribution in [0, 0.1) is 5.92 Å². The first kappa shape index (κ1) is 16.7. The van der Waals surface area contributed by atoms with Crippen LogP contribution in [0.5, 0.6) is 0 Å². The van der Waals surface area contributed by atoms with Gasteiger partial charge < -0.3 is 10.2 Å². The number of halogens is 1. The van der Waals surface area contributed by atoms with Crippen molar-refractivity contribution in [3.05, 3.63) is 22.8 Å². The zero-order valence-electron chi connectivity index (χ0n) is 13.2. The molecule has 0 aromatic carbocycles. The fourth-order valence-electron chi connectivity index (χ4n) is 2.46. The number of carbonyl (C=O) groups is 2. The van der Waals surface area contributed by atoms with Crippen LogP contribution in [0.4, 0.5) is 5.82 Å². The summed E-state index contributed by atoms with van der Waals surface area (Å²) in [6, 6.07) is 3.11. The van der Waals surface area contributed by atoms with Crippen molar-refractivity contribution in [1.29, 1.82) is 0 Å². The van der Waals surface area contributed by atoms with Gasteiger partial charge in [0.15, 0.2) is 5.78 Å². The van der Waals surface area contributed by atoms with Gasteiger partial charge in [-0.25, -0.2) is 4.98 Å². The molecule has 1 amide bonds. The molecule has 120 valence electrons. The summed E-state index contributed by atoms with van der Waals surface area (Å²) in [6.45, 7) is 4.92. The SMILES string of the molecule is CNC(=O)[C@@H]1CCN1c1cc(C(=O)CCC(C)C)cc(Cl)n1. The molecule has 22 heavy (non-hydrogen) atoms. The highest BCUT2D eigenvalue weighted by molar-refractivity contribution is 6.30. The smallest absolute Gasteiger partial charge is 0.242 e. The van der Waals surface area contributed by atoms with Gasteiger partial charge in [-0.1, -0.05) is 25.4 Å². The first-order chi connectivity index (χ1) is 10.4. The fourth-order valence-corrected chi connectivity index (χ4v) is 2.66. The van der Waals surface area contributed by atoms with E-state index in [0.717, 1.165) is 19.4 Å². The Morgan fingerprint density at radius 3 is 2.73 bits per heavy atom. The Morgan fingerprint density at radius 2 is 2.18 bits per heavy atom. The number of rotatable bonds is 6. The second kappa shape index (κ2) is 7.09. The number of aromatic nitrogens is 1. The van der Waals surface area contributed by atoms with Gasteiger partial charge in [-0.05, 0) is 30.9 Å². The number of anilines is 1. The van der Waals surface area contributed by atoms with E-state index in [0.29, 0.717) is 23.7 Å². The van der Waals surface area contributed by atoms with Crippen LogP contribution < -0.4 is 10.2 Å². The molecule has 1 atom stereocenters. The minimum atomic E-state index is -0.227. The molecule has 1 saturated heterocycles. The quantitative estimate of drug-likeness (QED) is 0.646. The first-order valence-corrected chi connectivity index (χ1v) is 7.99. The number of hydrogen-bond acceptors (Lipinski definition) is 4. The summed E-state index contributed by atoms with van der Waals surface area (Å²) in [5.41, 5.74) is 0.568. The molecule has 0 aliphatic carbocycles. The number of nitrogens with zero attached hydrogens (tertiary/aromatic N) is 2. The van der Waals surface area contributed by atoms with E-state index < -0.39 is 0 Å². The van der Waals surface area contributed by atoms with E-state index in [-0.39, 0.29) is 22.9 Å². The van der Waals surface area contributed by atoms with E-state index in [1.165, 1.54) is 0 Å². The molecule has 6 heteroatoms. The Hall–Kier alpha value is -1.62. The molecule has 2 heterocycles. The normalized spacial score (nSPS) is 17.3. The van der Waals surface area contributed by atoms with Gasteiger partial charge in [0.05, 0.1) is 0 Å². The summed E-state index contributed by atoms with van der Waals surface area (Å²) in [7, 11) is 1.62. The van der Waals surface area contributed by atoms with Crippen molar-refractivity contribution in [2.45, 2.75) is 39.2 Å². The molecule has 1 aliphatic heterocycles. The Bertz CT molecular complexity index is 575. The lowest BCUT2D eigenvalue weighted by Gasteiger charge is -2.40. The minimum Gasteiger partial charge on any atom is -0.357 e. The first-order valence-electron chi connectivity index (χ1n) is 7.61. The van der Waals surface area contributed by atoms with Crippen molar-refractivity contribution < 1.29 is 9.59 Å². The molecule has 2 rings (SSSR count). The van der Waals surface area contributed by atoms with Crippen LogP contribution in [0.15, 0.2) is 12.1 Å². The third-order valence-corrected chi connectivity index (χ3v) is 4.11. The summed E-state index contributed by atoms with van der Waals surface area (Å²) in [4.78, 5) is 30.2. The highest BCUT2D eigenvalue weighted by atomic mass is 35.5. The molecule has 0 bridgehead atoms. The van der Waals surface area contributed by atoms with Gasteiger partial charge in [0.2, 0.25) is 5.91 Å². The minimum absolute atomic E-state index is 0.0410. The Kier molecular flexibility index (Phi) is 5.40. The monoisotopic (exact) mass is 323 g/mol. The van der Waals surface area contributed by atoms with Gasteiger partial charge in [0.1, 0.15) is 17.0 Å². The number of likely N-dealkylation sites (N-methyl/N-ethyl adjacent to an activating group) is 1. The van der Waals surface area contributed by atoms with E-state index in [9.17, 15) is 9.59 Å². The highest BCUT2D eigenvalue weighted by Crippen LogP contribution is 2.28. The number of carbonyl (C=O) groups excluding carboxylic acids is 2. The van der Waals surface area contributed by atoms with Crippen molar-refractivity contribution in [1.82, 2.24) is 10.3 Å². The largest absolute Gasteiger partial charge is 0.357 e. The lowest BCUT2D eigenvalue weighted by molar-refractivity contribution is -0.123. The van der Waals surface area contributed by atoms with Gasteiger partial charge in [-0.2, -0.15) is 0 Å². The lowest BCUT2D eigenvalue weighted by atomic mass is 10.00. The highest BCUT2D eigenvalue weighted by Gasteiger charge is 2.34. The standard InChI is InChI=1S/C16H22ClN3O2/c1-10(2)4-5-13(21)11-8-14(17)19-15(9-11)20-7-6-12(20)16(22)18-3/h8-10,12H,4-7H2,1-3H3,(H,18,22)/t12-/m0/s1. The average molecular weight is 324 g/mol. The summed E-state index contributed by atoms with van der Waals surface area (Å²) < 4.78 is 0. The Morgan fingerprint density at radius 1 is 1.45 bits per heavy atom. The molecule has 0 unspecified atom stereocenters. The van der Waals surface area contributed by atoms with Gasteiger partial charge in [-0.15, -0.1) is 0 Å². The van der Waals surface area contributed by atoms with Crippen molar-refractivity contribution >= 4 is 29.1 Å². The fraction of sp³-hybridized carbons (Fsp3) is 0.562. The van der Waals surface area contributed by atoms with Crippen molar-refractivity contribution in [3.8, 4) is 0 Å². The maximum Gasteiger partial charge on any atom is 0.242 e. The van der Waals surface area contributed by atoms with Crippen molar-refractivity contribution in [3.63, 3.8) is 0 Å². The molecule has 1 N–H and O–H groups in total. The topological polar surface area (TPSA) is 62.3 Å². The van der Waals surface area contributed by atoms with E-state index in [1.807, 2.05) is 4.90 Å². The maximum atomic E-state index is 12.3. The van der Waals surface area contributed by atoms with Crippen LogP contribution in [0.25, 0.3) is 0 Å². The van der Waals surface area contributed by atoms with E-state index in [4.69, 9.17) is 11.6 Å². The van der Waals surface area contributed by atoms with Gasteiger partial charge in [-0.3, -0.25) is 9.59 Å². The van der Waals surface area contributed by atoms with Crippen LogP contribution >= 0.6 is 11.6 Å². The number of ketones is 1. The van der Waals surface area contributed by atoms with Gasteiger partial charge in [0.25, 0.3) is 0 Å². The van der Waals surface area contributed by atoms with Crippen LogP contribution in [0.3, 0.4) is 0 Å². The summed E-state index contributed by atoms with van der Waals surface area (Å²) in [6.07, 6.45) is 2.12. The van der Waals surface area contributed by atoms with Crippen LogP contribution in [-0.2, 0) is 4.79 Å². The molecule has 0 saturated carbocycles. The zero-order chi connectivity index (χ0) is 16.3. The van der Waals surface area contributed by atoms with Crippen molar-refractivity contribution in [2.75, 3.05) is 18.5 Å². The van der Waals surface area contributed by atoms with Gasteiger partial charge in [0, 0.05) is 25.6 Å². The molecular weight excluding hydrogens is 302 g/mol. The Balaban J connectivity index is 2.17. The lowest BCUT2D eigenvalue weighted by Crippen LogP contribution is -2.56. The molecule has 1 fully saturated rings. The number of Topliss-reactive ketones (excluding diaryl/α,β-unsaturated/α-hetero) is 1. The molecular formula is C16H22ClN3O2. The number of amides is 1. The van der Waals surface area contributed by atoms with E-state index in [1.54, 1.807) is 19.2 Å². The predicted molar refractivity (Wildman–Crippen MR) is 87.5 cm³/mol. The number of hydrogen-bond donors (Lipinski definition) is 1. The molecule has 1 aliphatic rings. The second-order valence-electron chi connectivity index (χ2n) is 6.00. The van der Waals surface area contributed by atoms with Crippen LogP contribution in [0.1, 0.15) is 43.5 Å². The summed E-state index contributed by atoms with van der Waals surface area (Å²) in [5, 5.41) is 2.93. The molecule has 5 nitrogen and oxygen atoms in total. The number of pyridine rings is 1. The molecule has 0 spiro atoms.